The van der Waals surface area contributed by atoms with Crippen LogP contribution in [0, 0.1) is 11.2 Å². The minimum atomic E-state index is -0.684. The van der Waals surface area contributed by atoms with Crippen molar-refractivity contribution in [2.45, 2.75) is 43.9 Å². The van der Waals surface area contributed by atoms with Gasteiger partial charge < -0.3 is 14.7 Å². The van der Waals surface area contributed by atoms with Crippen molar-refractivity contribution in [2.24, 2.45) is 5.41 Å². The number of amides is 1. The van der Waals surface area contributed by atoms with E-state index in [2.05, 4.69) is 0 Å². The topological polar surface area (TPSA) is 49.8 Å². The van der Waals surface area contributed by atoms with Gasteiger partial charge in [0, 0.05) is 37.8 Å². The van der Waals surface area contributed by atoms with Gasteiger partial charge in [-0.05, 0) is 44.6 Å². The van der Waals surface area contributed by atoms with Gasteiger partial charge in [0.2, 0.25) is 5.91 Å². The molecule has 25 heavy (non-hydrogen) atoms. The fourth-order valence-electron chi connectivity index (χ4n) is 4.26. The zero-order valence-corrected chi connectivity index (χ0v) is 15.0. The number of carbonyl (C=O) groups excluding carboxylic acids is 1. The summed E-state index contributed by atoms with van der Waals surface area (Å²) in [7, 11) is 1.67. The van der Waals surface area contributed by atoms with E-state index in [9.17, 15) is 14.3 Å². The van der Waals surface area contributed by atoms with Gasteiger partial charge in [-0.1, -0.05) is 18.2 Å². The van der Waals surface area contributed by atoms with E-state index in [1.807, 2.05) is 4.90 Å². The first-order valence-electron chi connectivity index (χ1n) is 9.21. The third-order valence-corrected chi connectivity index (χ3v) is 5.89. The number of piperidine rings is 1. The quantitative estimate of drug-likeness (QED) is 0.770. The summed E-state index contributed by atoms with van der Waals surface area (Å²) in [5.74, 6) is -0.263. The number of carbonyl (C=O) groups is 1. The number of halogens is 1. The molecule has 0 bridgehead atoms. The number of hydrogen-bond acceptors (Lipinski definition) is 3. The van der Waals surface area contributed by atoms with Crippen LogP contribution in [-0.4, -0.2) is 49.3 Å². The SMILES string of the molecule is COCCC[C@@]1(CO)CCCN(C(=O)C2(c3ccccc3F)CC2)C1. The Balaban J connectivity index is 1.75. The van der Waals surface area contributed by atoms with Crippen LogP contribution in [0.3, 0.4) is 0 Å². The number of nitrogens with zero attached hydrogens (tertiary/aromatic N) is 1. The van der Waals surface area contributed by atoms with Crippen molar-refractivity contribution in [1.29, 1.82) is 0 Å². The van der Waals surface area contributed by atoms with Crippen LogP contribution in [0.2, 0.25) is 0 Å². The number of benzene rings is 1. The highest BCUT2D eigenvalue weighted by molar-refractivity contribution is 5.91. The molecule has 1 saturated heterocycles. The predicted molar refractivity (Wildman–Crippen MR) is 93.8 cm³/mol. The summed E-state index contributed by atoms with van der Waals surface area (Å²) < 4.78 is 19.4. The maximum atomic E-state index is 14.3. The molecule has 1 aliphatic carbocycles. The van der Waals surface area contributed by atoms with Crippen LogP contribution in [0.1, 0.15) is 44.1 Å². The lowest BCUT2D eigenvalue weighted by molar-refractivity contribution is -0.138. The van der Waals surface area contributed by atoms with Gasteiger partial charge in [-0.2, -0.15) is 0 Å². The molecule has 2 aliphatic rings. The van der Waals surface area contributed by atoms with Crippen LogP contribution in [-0.2, 0) is 14.9 Å². The van der Waals surface area contributed by atoms with E-state index in [0.29, 0.717) is 38.1 Å². The van der Waals surface area contributed by atoms with Crippen LogP contribution < -0.4 is 0 Å². The van der Waals surface area contributed by atoms with Gasteiger partial charge in [-0.3, -0.25) is 4.79 Å². The number of rotatable bonds is 7. The average Bonchev–Trinajstić information content (AvgIpc) is 3.43. The summed E-state index contributed by atoms with van der Waals surface area (Å²) in [5.41, 5.74) is -0.409. The summed E-state index contributed by atoms with van der Waals surface area (Å²) in [4.78, 5) is 15.1. The lowest BCUT2D eigenvalue weighted by Gasteiger charge is -2.43. The van der Waals surface area contributed by atoms with E-state index in [-0.39, 0.29) is 23.7 Å². The zero-order chi connectivity index (χ0) is 17.9. The number of likely N-dealkylation sites (tertiary alicyclic amines) is 1. The van der Waals surface area contributed by atoms with Gasteiger partial charge >= 0.3 is 0 Å². The molecule has 0 spiro atoms. The van der Waals surface area contributed by atoms with Gasteiger partial charge in [0.15, 0.2) is 0 Å². The third kappa shape index (κ3) is 3.58. The molecule has 0 aromatic heterocycles. The number of ether oxygens (including phenoxy) is 1. The van der Waals surface area contributed by atoms with Crippen molar-refractivity contribution in [1.82, 2.24) is 4.90 Å². The molecular weight excluding hydrogens is 321 g/mol. The summed E-state index contributed by atoms with van der Waals surface area (Å²) >= 11 is 0. The monoisotopic (exact) mass is 349 g/mol. The smallest absolute Gasteiger partial charge is 0.233 e. The summed E-state index contributed by atoms with van der Waals surface area (Å²) in [6.45, 7) is 1.99. The fraction of sp³-hybridized carbons (Fsp3) is 0.650. The molecule has 4 nitrogen and oxygen atoms in total. The molecule has 2 fully saturated rings. The largest absolute Gasteiger partial charge is 0.396 e. The first-order valence-corrected chi connectivity index (χ1v) is 9.21. The first-order chi connectivity index (χ1) is 12.1. The second kappa shape index (κ2) is 7.42. The summed E-state index contributed by atoms with van der Waals surface area (Å²) in [6.07, 6.45) is 4.93. The Hall–Kier alpha value is -1.46. The molecule has 1 saturated carbocycles. The minimum absolute atomic E-state index is 0.0295. The first kappa shape index (κ1) is 18.3. The molecule has 5 heteroatoms. The Morgan fingerprint density at radius 3 is 2.72 bits per heavy atom. The van der Waals surface area contributed by atoms with Crippen molar-refractivity contribution in [3.63, 3.8) is 0 Å². The van der Waals surface area contributed by atoms with E-state index in [0.717, 1.165) is 25.7 Å². The fourth-order valence-corrected chi connectivity index (χ4v) is 4.26. The van der Waals surface area contributed by atoms with Gasteiger partial charge in [-0.15, -0.1) is 0 Å². The number of aliphatic hydroxyl groups excluding tert-OH is 1. The molecule has 1 aromatic carbocycles. The Kier molecular flexibility index (Phi) is 5.44. The zero-order valence-electron chi connectivity index (χ0n) is 15.0. The second-order valence-electron chi connectivity index (χ2n) is 7.65. The van der Waals surface area contributed by atoms with E-state index in [1.165, 1.54) is 6.07 Å². The number of aliphatic hydroxyl groups is 1. The Morgan fingerprint density at radius 2 is 2.08 bits per heavy atom. The van der Waals surface area contributed by atoms with Crippen molar-refractivity contribution in [3.8, 4) is 0 Å². The van der Waals surface area contributed by atoms with E-state index in [4.69, 9.17) is 4.74 Å². The number of methoxy groups -OCH3 is 1. The van der Waals surface area contributed by atoms with E-state index in [1.54, 1.807) is 25.3 Å². The van der Waals surface area contributed by atoms with Gasteiger partial charge in [0.25, 0.3) is 0 Å². The highest BCUT2D eigenvalue weighted by Gasteiger charge is 2.55. The Morgan fingerprint density at radius 1 is 1.32 bits per heavy atom. The maximum Gasteiger partial charge on any atom is 0.233 e. The van der Waals surface area contributed by atoms with Crippen molar-refractivity contribution in [3.05, 3.63) is 35.6 Å². The molecule has 1 amide bonds. The second-order valence-corrected chi connectivity index (χ2v) is 7.65. The predicted octanol–water partition coefficient (Wildman–Crippen LogP) is 2.89. The van der Waals surface area contributed by atoms with Crippen molar-refractivity contribution in [2.75, 3.05) is 33.4 Å². The Bertz CT molecular complexity index is 617. The lowest BCUT2D eigenvalue weighted by Crippen LogP contribution is -2.51. The molecule has 1 aromatic rings. The molecule has 3 rings (SSSR count). The van der Waals surface area contributed by atoms with Crippen LogP contribution in [0.15, 0.2) is 24.3 Å². The summed E-state index contributed by atoms with van der Waals surface area (Å²) in [5, 5.41) is 9.98. The minimum Gasteiger partial charge on any atom is -0.396 e. The van der Waals surface area contributed by atoms with E-state index >= 15 is 0 Å². The normalized spacial score (nSPS) is 25.0. The lowest BCUT2D eigenvalue weighted by atomic mass is 9.76. The van der Waals surface area contributed by atoms with Crippen molar-refractivity contribution < 1.29 is 19.0 Å². The molecular formula is C20H28FNO3. The maximum absolute atomic E-state index is 14.3. The van der Waals surface area contributed by atoms with Gasteiger partial charge in [-0.25, -0.2) is 4.39 Å². The summed E-state index contributed by atoms with van der Waals surface area (Å²) in [6, 6.07) is 6.63. The molecule has 0 unspecified atom stereocenters. The average molecular weight is 349 g/mol. The molecule has 1 aliphatic heterocycles. The standard InChI is InChI=1S/C20H28FNO3/c1-25-13-5-9-19(15-23)8-4-12-22(14-19)18(24)20(10-11-20)16-6-2-3-7-17(16)21/h2-3,6-7,23H,4-5,8-15H2,1H3/t19-/m0/s1. The van der Waals surface area contributed by atoms with E-state index < -0.39 is 5.41 Å². The van der Waals surface area contributed by atoms with Crippen molar-refractivity contribution >= 4 is 5.91 Å². The highest BCUT2D eigenvalue weighted by atomic mass is 19.1. The highest BCUT2D eigenvalue weighted by Crippen LogP contribution is 2.51. The molecule has 138 valence electrons. The van der Waals surface area contributed by atoms with Crippen LogP contribution >= 0.6 is 0 Å². The van der Waals surface area contributed by atoms with Crippen LogP contribution in [0.5, 0.6) is 0 Å². The number of hydrogen-bond donors (Lipinski definition) is 1. The van der Waals surface area contributed by atoms with Crippen LogP contribution in [0.4, 0.5) is 4.39 Å². The molecule has 1 N–H and O–H groups in total. The third-order valence-electron chi connectivity index (χ3n) is 5.89. The van der Waals surface area contributed by atoms with Gasteiger partial charge in [0.05, 0.1) is 12.0 Å². The molecule has 0 radical (unpaired) electrons. The molecule has 1 atom stereocenters. The Labute approximate surface area is 149 Å². The molecule has 1 heterocycles. The van der Waals surface area contributed by atoms with Crippen LogP contribution in [0.25, 0.3) is 0 Å². The van der Waals surface area contributed by atoms with Gasteiger partial charge in [0.1, 0.15) is 5.82 Å².